The Labute approximate surface area is 172 Å². The molecule has 0 saturated heterocycles. The number of halogens is 2. The molecule has 1 aromatic heterocycles. The molecule has 2 N–H and O–H groups in total. The molecule has 7 heteroatoms. The SMILES string of the molecule is O=C(CCc1cccc(Cl)c1Cl)NCc1cccc(NC(=O)c2ccco2)c1. The topological polar surface area (TPSA) is 71.3 Å². The van der Waals surface area contributed by atoms with Crippen molar-refractivity contribution >= 4 is 40.7 Å². The quantitative estimate of drug-likeness (QED) is 0.563. The van der Waals surface area contributed by atoms with Crippen molar-refractivity contribution in [3.8, 4) is 0 Å². The minimum Gasteiger partial charge on any atom is -0.459 e. The molecule has 0 aliphatic heterocycles. The van der Waals surface area contributed by atoms with Gasteiger partial charge in [0.1, 0.15) is 0 Å². The van der Waals surface area contributed by atoms with Crippen LogP contribution in [-0.4, -0.2) is 11.8 Å². The van der Waals surface area contributed by atoms with Crippen LogP contribution in [-0.2, 0) is 17.8 Å². The number of rotatable bonds is 7. The van der Waals surface area contributed by atoms with E-state index >= 15 is 0 Å². The smallest absolute Gasteiger partial charge is 0.291 e. The van der Waals surface area contributed by atoms with Gasteiger partial charge >= 0.3 is 0 Å². The predicted octanol–water partition coefficient (Wildman–Crippen LogP) is 5.09. The molecular weight excluding hydrogens is 399 g/mol. The van der Waals surface area contributed by atoms with Crippen molar-refractivity contribution in [1.29, 1.82) is 0 Å². The van der Waals surface area contributed by atoms with Crippen LogP contribution in [0, 0.1) is 0 Å². The van der Waals surface area contributed by atoms with E-state index in [-0.39, 0.29) is 17.6 Å². The highest BCUT2D eigenvalue weighted by Crippen LogP contribution is 2.26. The van der Waals surface area contributed by atoms with Gasteiger partial charge in [-0.05, 0) is 47.9 Å². The van der Waals surface area contributed by atoms with Crippen molar-refractivity contribution in [3.63, 3.8) is 0 Å². The minimum absolute atomic E-state index is 0.0962. The molecule has 0 saturated carbocycles. The number of nitrogens with one attached hydrogen (secondary N) is 2. The molecule has 2 aromatic carbocycles. The van der Waals surface area contributed by atoms with Gasteiger partial charge in [-0.3, -0.25) is 9.59 Å². The second kappa shape index (κ2) is 9.44. The highest BCUT2D eigenvalue weighted by molar-refractivity contribution is 6.42. The average molecular weight is 417 g/mol. The summed E-state index contributed by atoms with van der Waals surface area (Å²) in [5, 5.41) is 6.59. The molecule has 3 rings (SSSR count). The first-order valence-electron chi connectivity index (χ1n) is 8.66. The van der Waals surface area contributed by atoms with Crippen LogP contribution in [0.4, 0.5) is 5.69 Å². The van der Waals surface area contributed by atoms with Crippen molar-refractivity contribution in [2.45, 2.75) is 19.4 Å². The zero-order chi connectivity index (χ0) is 19.9. The summed E-state index contributed by atoms with van der Waals surface area (Å²) in [4.78, 5) is 24.2. The fraction of sp³-hybridized carbons (Fsp3) is 0.143. The zero-order valence-corrected chi connectivity index (χ0v) is 16.4. The first kappa shape index (κ1) is 20.0. The van der Waals surface area contributed by atoms with E-state index in [1.54, 1.807) is 30.3 Å². The normalized spacial score (nSPS) is 10.5. The monoisotopic (exact) mass is 416 g/mol. The Hall–Kier alpha value is -2.76. The van der Waals surface area contributed by atoms with Crippen LogP contribution in [0.3, 0.4) is 0 Å². The van der Waals surface area contributed by atoms with Gasteiger partial charge in [-0.2, -0.15) is 0 Å². The van der Waals surface area contributed by atoms with Gasteiger partial charge in [0.25, 0.3) is 5.91 Å². The highest BCUT2D eigenvalue weighted by Gasteiger charge is 2.10. The molecule has 0 atom stereocenters. The Morgan fingerprint density at radius 3 is 2.61 bits per heavy atom. The average Bonchev–Trinajstić information content (AvgIpc) is 3.23. The molecule has 0 radical (unpaired) electrons. The Bertz CT molecular complexity index is 972. The second-order valence-corrected chi connectivity index (χ2v) is 6.91. The molecule has 0 spiro atoms. The van der Waals surface area contributed by atoms with Crippen LogP contribution in [0.25, 0.3) is 0 Å². The fourth-order valence-corrected chi connectivity index (χ4v) is 3.05. The number of carbonyl (C=O) groups excluding carboxylic acids is 2. The standard InChI is InChI=1S/C21H18Cl2N2O3/c22-17-7-2-5-15(20(17)23)9-10-19(26)24-13-14-4-1-6-16(12-14)25-21(27)18-8-3-11-28-18/h1-8,11-12H,9-10,13H2,(H,24,26)(H,25,27). The summed E-state index contributed by atoms with van der Waals surface area (Å²) in [6, 6.07) is 15.9. The number of carbonyl (C=O) groups is 2. The molecule has 144 valence electrons. The Morgan fingerprint density at radius 1 is 1.00 bits per heavy atom. The van der Waals surface area contributed by atoms with E-state index in [1.807, 2.05) is 24.3 Å². The van der Waals surface area contributed by atoms with Gasteiger partial charge in [-0.15, -0.1) is 0 Å². The maximum Gasteiger partial charge on any atom is 0.291 e. The van der Waals surface area contributed by atoms with Gasteiger partial charge in [0, 0.05) is 18.7 Å². The van der Waals surface area contributed by atoms with Gasteiger partial charge in [0.2, 0.25) is 5.91 Å². The Morgan fingerprint density at radius 2 is 1.82 bits per heavy atom. The lowest BCUT2D eigenvalue weighted by molar-refractivity contribution is -0.121. The number of anilines is 1. The Balaban J connectivity index is 1.51. The van der Waals surface area contributed by atoms with Crippen LogP contribution in [0.5, 0.6) is 0 Å². The summed E-state index contributed by atoms with van der Waals surface area (Å²) in [5.41, 5.74) is 2.33. The summed E-state index contributed by atoms with van der Waals surface area (Å²) in [6.07, 6.45) is 2.25. The fourth-order valence-electron chi connectivity index (χ4n) is 2.64. The molecule has 0 bridgehead atoms. The van der Waals surface area contributed by atoms with E-state index < -0.39 is 0 Å². The van der Waals surface area contributed by atoms with Gasteiger partial charge < -0.3 is 15.1 Å². The highest BCUT2D eigenvalue weighted by atomic mass is 35.5. The van der Waals surface area contributed by atoms with Gasteiger partial charge in [-0.1, -0.05) is 47.5 Å². The van der Waals surface area contributed by atoms with Crippen LogP contribution in [0.1, 0.15) is 28.1 Å². The molecule has 2 amide bonds. The van der Waals surface area contributed by atoms with E-state index in [4.69, 9.17) is 27.6 Å². The molecule has 0 unspecified atom stereocenters. The molecular formula is C21H18Cl2N2O3. The van der Waals surface area contributed by atoms with E-state index in [0.717, 1.165) is 11.1 Å². The van der Waals surface area contributed by atoms with Crippen molar-refractivity contribution in [1.82, 2.24) is 5.32 Å². The first-order valence-corrected chi connectivity index (χ1v) is 9.42. The molecule has 0 fully saturated rings. The largest absolute Gasteiger partial charge is 0.459 e. The lowest BCUT2D eigenvalue weighted by atomic mass is 10.1. The van der Waals surface area contributed by atoms with Crippen LogP contribution in [0.2, 0.25) is 10.0 Å². The number of furan rings is 1. The van der Waals surface area contributed by atoms with Crippen molar-refractivity contribution < 1.29 is 14.0 Å². The lowest BCUT2D eigenvalue weighted by Crippen LogP contribution is -2.23. The summed E-state index contributed by atoms with van der Waals surface area (Å²) in [5.74, 6) is -0.191. The molecule has 0 aliphatic carbocycles. The number of hydrogen-bond donors (Lipinski definition) is 2. The van der Waals surface area contributed by atoms with Crippen LogP contribution < -0.4 is 10.6 Å². The molecule has 1 heterocycles. The van der Waals surface area contributed by atoms with Crippen molar-refractivity contribution in [3.05, 3.63) is 87.8 Å². The second-order valence-electron chi connectivity index (χ2n) is 6.12. The van der Waals surface area contributed by atoms with Crippen LogP contribution >= 0.6 is 23.2 Å². The molecule has 28 heavy (non-hydrogen) atoms. The minimum atomic E-state index is -0.329. The van der Waals surface area contributed by atoms with E-state index in [9.17, 15) is 9.59 Å². The molecule has 5 nitrogen and oxygen atoms in total. The number of amides is 2. The third kappa shape index (κ3) is 5.38. The summed E-state index contributed by atoms with van der Waals surface area (Å²) < 4.78 is 5.07. The van der Waals surface area contributed by atoms with Crippen molar-refractivity contribution in [2.24, 2.45) is 0 Å². The predicted molar refractivity (Wildman–Crippen MR) is 110 cm³/mol. The van der Waals surface area contributed by atoms with Crippen LogP contribution in [0.15, 0.2) is 65.3 Å². The Kier molecular flexibility index (Phi) is 6.74. The summed E-state index contributed by atoms with van der Waals surface area (Å²) >= 11 is 12.1. The van der Waals surface area contributed by atoms with Gasteiger partial charge in [0.05, 0.1) is 16.3 Å². The number of aryl methyl sites for hydroxylation is 1. The lowest BCUT2D eigenvalue weighted by Gasteiger charge is -2.09. The maximum atomic E-state index is 12.1. The van der Waals surface area contributed by atoms with E-state index in [0.29, 0.717) is 35.1 Å². The van der Waals surface area contributed by atoms with Gasteiger partial charge in [-0.25, -0.2) is 0 Å². The molecule has 3 aromatic rings. The number of hydrogen-bond acceptors (Lipinski definition) is 3. The third-order valence-corrected chi connectivity index (χ3v) is 4.93. The summed E-state index contributed by atoms with van der Waals surface area (Å²) in [7, 11) is 0. The van der Waals surface area contributed by atoms with Crippen molar-refractivity contribution in [2.75, 3.05) is 5.32 Å². The first-order chi connectivity index (χ1) is 13.5. The van der Waals surface area contributed by atoms with Gasteiger partial charge in [0.15, 0.2) is 5.76 Å². The third-order valence-electron chi connectivity index (χ3n) is 4.07. The zero-order valence-electron chi connectivity index (χ0n) is 14.9. The van der Waals surface area contributed by atoms with E-state index in [2.05, 4.69) is 10.6 Å². The number of benzene rings is 2. The van der Waals surface area contributed by atoms with E-state index in [1.165, 1.54) is 6.26 Å². The summed E-state index contributed by atoms with van der Waals surface area (Å²) in [6.45, 7) is 0.354. The molecule has 0 aliphatic rings. The maximum absolute atomic E-state index is 12.1.